The van der Waals surface area contributed by atoms with Crippen LogP contribution in [0, 0.1) is 11.7 Å². The molecule has 0 aliphatic heterocycles. The lowest BCUT2D eigenvalue weighted by Gasteiger charge is -2.11. The van der Waals surface area contributed by atoms with Gasteiger partial charge in [0.1, 0.15) is 17.4 Å². The van der Waals surface area contributed by atoms with E-state index in [1.165, 1.54) is 13.0 Å². The summed E-state index contributed by atoms with van der Waals surface area (Å²) in [5, 5.41) is 0. The molecule has 28 heavy (non-hydrogen) atoms. The Morgan fingerprint density at radius 1 is 0.964 bits per heavy atom. The Morgan fingerprint density at radius 2 is 1.54 bits per heavy atom. The Kier molecular flexibility index (Phi) is 12.3. The first-order chi connectivity index (χ1) is 13.4. The monoisotopic (exact) mass is 392 g/mol. The first-order valence-corrected chi connectivity index (χ1v) is 9.85. The highest BCUT2D eigenvalue weighted by Gasteiger charge is 2.25. The second-order valence-electron chi connectivity index (χ2n) is 5.67. The zero-order valence-corrected chi connectivity index (χ0v) is 17.7. The van der Waals surface area contributed by atoms with Gasteiger partial charge in [0.15, 0.2) is 5.78 Å². The molecule has 4 heteroatoms. The predicted molar refractivity (Wildman–Crippen MR) is 119 cm³/mol. The molecule has 0 aliphatic rings. The number of rotatable bonds is 7. The second-order valence-corrected chi connectivity index (χ2v) is 5.67. The summed E-state index contributed by atoms with van der Waals surface area (Å²) in [5.41, 5.74) is 1.29. The molecule has 158 valence electrons. The molecular weight excluding hydrogens is 355 g/mol. The van der Waals surface area contributed by atoms with Gasteiger partial charge in [0.2, 0.25) is 0 Å². The van der Waals surface area contributed by atoms with E-state index in [1.54, 1.807) is 25.1 Å². The number of carbonyl (C=O) groups excluding carboxylic acids is 3. The molecule has 2 aromatic rings. The highest BCUT2D eigenvalue weighted by atomic mass is 19.1. The average Bonchev–Trinajstić information content (AvgIpc) is 2.74. The van der Waals surface area contributed by atoms with Gasteiger partial charge in [-0.05, 0) is 18.6 Å². The van der Waals surface area contributed by atoms with Gasteiger partial charge in [-0.1, -0.05) is 77.1 Å². The van der Waals surface area contributed by atoms with Crippen molar-refractivity contribution < 1.29 is 23.1 Å². The van der Waals surface area contributed by atoms with Gasteiger partial charge < -0.3 is 0 Å². The fourth-order valence-corrected chi connectivity index (χ4v) is 2.57. The summed E-state index contributed by atoms with van der Waals surface area (Å²) in [6.07, 6.45) is -0.0229. The Labute approximate surface area is 172 Å². The van der Waals surface area contributed by atoms with Crippen LogP contribution in [0.25, 0.3) is 11.1 Å². The van der Waals surface area contributed by atoms with Crippen molar-refractivity contribution in [3.63, 3.8) is 0 Å². The van der Waals surface area contributed by atoms with Gasteiger partial charge in [0, 0.05) is 28.2 Å². The third-order valence-corrected chi connectivity index (χ3v) is 3.99. The molecule has 3 nitrogen and oxygen atoms in total. The highest BCUT2D eigenvalue weighted by molar-refractivity contribution is 6.07. The summed E-state index contributed by atoms with van der Waals surface area (Å²) in [7, 11) is 0. The van der Waals surface area contributed by atoms with E-state index >= 15 is 0 Å². The lowest BCUT2D eigenvalue weighted by atomic mass is 9.90. The van der Waals surface area contributed by atoms with Crippen LogP contribution in [0.3, 0.4) is 0 Å². The molecule has 0 heterocycles. The number of hydrogen-bond donors (Lipinski definition) is 0. The number of carbonyl (C=O) groups is 3. The topological polar surface area (TPSA) is 51.2 Å². The molecule has 0 bridgehead atoms. The van der Waals surface area contributed by atoms with Crippen LogP contribution in [0.5, 0.6) is 0 Å². The minimum atomic E-state index is -0.945. The molecule has 0 aromatic heterocycles. The molecule has 0 saturated carbocycles. The van der Waals surface area contributed by atoms with Gasteiger partial charge in [-0.3, -0.25) is 14.4 Å². The largest absolute Gasteiger partial charge is 0.299 e. The van der Waals surface area contributed by atoms with E-state index in [1.807, 2.05) is 45.9 Å². The van der Waals surface area contributed by atoms with Crippen molar-refractivity contribution in [1.82, 2.24) is 0 Å². The highest BCUT2D eigenvalue weighted by Crippen LogP contribution is 2.24. The Morgan fingerprint density at radius 3 is 2.00 bits per heavy atom. The normalized spacial score (nSPS) is 10.5. The fourth-order valence-electron chi connectivity index (χ4n) is 2.57. The minimum absolute atomic E-state index is 0. The number of ketones is 3. The van der Waals surface area contributed by atoms with E-state index in [-0.39, 0.29) is 34.3 Å². The van der Waals surface area contributed by atoms with Crippen molar-refractivity contribution in [2.24, 2.45) is 5.92 Å². The molecule has 0 aliphatic carbocycles. The van der Waals surface area contributed by atoms with Crippen LogP contribution < -0.4 is 0 Å². The van der Waals surface area contributed by atoms with Crippen molar-refractivity contribution in [1.29, 1.82) is 0 Å². The van der Waals surface area contributed by atoms with Crippen LogP contribution in [0.15, 0.2) is 48.5 Å². The van der Waals surface area contributed by atoms with Crippen molar-refractivity contribution in [2.45, 2.75) is 54.4 Å². The molecule has 2 aromatic carbocycles. The zero-order chi connectivity index (χ0) is 21.7. The molecule has 2 rings (SSSR count). The Hall–Kier alpha value is -2.62. The summed E-state index contributed by atoms with van der Waals surface area (Å²) in [4.78, 5) is 35.7. The van der Waals surface area contributed by atoms with Crippen LogP contribution >= 0.6 is 0 Å². The molecular formula is C24H37FO3. The summed E-state index contributed by atoms with van der Waals surface area (Å²) in [6.45, 7) is 10.9. The molecule has 0 saturated heterocycles. The van der Waals surface area contributed by atoms with Crippen LogP contribution in [-0.2, 0) is 9.59 Å². The number of halogens is 1. The predicted octanol–water partition coefficient (Wildman–Crippen LogP) is 7.04. The molecule has 0 radical (unpaired) electrons. The van der Waals surface area contributed by atoms with Gasteiger partial charge in [0.25, 0.3) is 0 Å². The van der Waals surface area contributed by atoms with Gasteiger partial charge in [-0.25, -0.2) is 4.39 Å². The third kappa shape index (κ3) is 7.18. The van der Waals surface area contributed by atoms with Crippen molar-refractivity contribution >= 4 is 17.3 Å². The summed E-state index contributed by atoms with van der Waals surface area (Å²) >= 11 is 0. The number of Topliss-reactive ketones (excluding diaryl/α,β-unsaturated/α-hetero) is 3. The van der Waals surface area contributed by atoms with Gasteiger partial charge in [-0.2, -0.15) is 0 Å². The Balaban J connectivity index is -0.000000491. The molecule has 1 unspecified atom stereocenters. The maximum absolute atomic E-state index is 14.3. The first kappa shape index (κ1) is 25.4. The third-order valence-electron chi connectivity index (χ3n) is 3.99. The summed E-state index contributed by atoms with van der Waals surface area (Å²) in [5.74, 6) is -2.46. The number of benzene rings is 2. The number of hydrogen-bond acceptors (Lipinski definition) is 3. The van der Waals surface area contributed by atoms with E-state index in [0.717, 1.165) is 11.6 Å². The fraction of sp³-hybridized carbons (Fsp3) is 0.375. The van der Waals surface area contributed by atoms with E-state index in [4.69, 9.17) is 0 Å². The van der Waals surface area contributed by atoms with E-state index < -0.39 is 17.5 Å². The smallest absolute Gasteiger partial charge is 0.164 e. The zero-order valence-electron chi connectivity index (χ0n) is 17.7. The summed E-state index contributed by atoms with van der Waals surface area (Å²) in [6, 6.07) is 13.3. The molecule has 0 N–H and O–H groups in total. The van der Waals surface area contributed by atoms with Crippen LogP contribution in [-0.4, -0.2) is 17.3 Å². The van der Waals surface area contributed by atoms with Crippen LogP contribution in [0.2, 0.25) is 0 Å². The summed E-state index contributed by atoms with van der Waals surface area (Å²) < 4.78 is 14.3. The van der Waals surface area contributed by atoms with Gasteiger partial charge in [0.05, 0.1) is 5.92 Å². The van der Waals surface area contributed by atoms with Crippen molar-refractivity contribution in [3.05, 3.63) is 59.9 Å². The molecule has 0 amide bonds. The molecule has 0 fully saturated rings. The van der Waals surface area contributed by atoms with Gasteiger partial charge in [-0.15, -0.1) is 0 Å². The quantitative estimate of drug-likeness (QED) is 0.375. The molecule has 0 spiro atoms. The maximum atomic E-state index is 14.3. The SMILES string of the molecule is CC.CC.CCC(=O)C(CC(=O)c1ccc(-c2ccccc2)c(F)c1)C(C)=O.[HH].[HH].[HH]. The van der Waals surface area contributed by atoms with Gasteiger partial charge >= 0.3 is 0 Å². The first-order valence-electron chi connectivity index (χ1n) is 9.85. The van der Waals surface area contributed by atoms with E-state index in [0.29, 0.717) is 5.56 Å². The van der Waals surface area contributed by atoms with E-state index in [9.17, 15) is 18.8 Å². The lowest BCUT2D eigenvalue weighted by molar-refractivity contribution is -0.131. The average molecular weight is 393 g/mol. The van der Waals surface area contributed by atoms with Crippen LogP contribution in [0.1, 0.15) is 69.0 Å². The maximum Gasteiger partial charge on any atom is 0.164 e. The van der Waals surface area contributed by atoms with Crippen LogP contribution in [0.4, 0.5) is 4.39 Å². The van der Waals surface area contributed by atoms with E-state index in [2.05, 4.69) is 0 Å². The van der Waals surface area contributed by atoms with Crippen molar-refractivity contribution in [2.75, 3.05) is 0 Å². The molecule has 1 atom stereocenters. The lowest BCUT2D eigenvalue weighted by Crippen LogP contribution is -2.24. The second kappa shape index (κ2) is 13.5. The Bertz CT molecular complexity index is 781. The minimum Gasteiger partial charge on any atom is -0.299 e. The van der Waals surface area contributed by atoms with Crippen molar-refractivity contribution in [3.8, 4) is 11.1 Å². The standard InChI is InChI=1S/C20H19FO3.2C2H6.3H2/c1-3-19(23)17(13(2)22)12-20(24)15-9-10-16(18(21)11-15)14-7-5-4-6-8-14;2*1-2;;;/h4-11,17H,3,12H2,1-2H3;2*1-2H3;3*1H.